The van der Waals surface area contributed by atoms with Gasteiger partial charge >= 0.3 is 5.97 Å². The van der Waals surface area contributed by atoms with E-state index in [1.165, 1.54) is 24.3 Å². The van der Waals surface area contributed by atoms with Crippen molar-refractivity contribution >= 4 is 42.2 Å². The molecule has 13 nitrogen and oxygen atoms in total. The Morgan fingerprint density at radius 3 is 1.91 bits per heavy atom. The van der Waals surface area contributed by atoms with E-state index in [2.05, 4.69) is 28.6 Å². The van der Waals surface area contributed by atoms with Crippen LogP contribution in [0.15, 0.2) is 24.3 Å². The van der Waals surface area contributed by atoms with Gasteiger partial charge in [-0.05, 0) is 17.7 Å². The molecule has 0 spiro atoms. The third-order valence-electron chi connectivity index (χ3n) is 4.38. The van der Waals surface area contributed by atoms with Crippen molar-refractivity contribution in [2.45, 2.75) is 37.0 Å². The first kappa shape index (κ1) is 27.7. The molecule has 0 aliphatic rings. The molecule has 0 saturated carbocycles. The second-order valence-electron chi connectivity index (χ2n) is 7.03. The summed E-state index contributed by atoms with van der Waals surface area (Å²) in [5.41, 5.74) is 11.0. The normalized spacial score (nSPS) is 14.3. The van der Waals surface area contributed by atoms with E-state index >= 15 is 0 Å². The van der Waals surface area contributed by atoms with Crippen LogP contribution in [0.5, 0.6) is 5.75 Å². The molecule has 0 aliphatic heterocycles. The number of carbonyl (C=O) groups is 5. The first-order chi connectivity index (χ1) is 15.5. The Morgan fingerprint density at radius 2 is 1.42 bits per heavy atom. The molecule has 0 aliphatic carbocycles. The predicted molar refractivity (Wildman–Crippen MR) is 118 cm³/mol. The van der Waals surface area contributed by atoms with Crippen LogP contribution in [0.2, 0.25) is 0 Å². The third kappa shape index (κ3) is 9.34. The lowest BCUT2D eigenvalue weighted by Crippen LogP contribution is -2.58. The van der Waals surface area contributed by atoms with Gasteiger partial charge in [-0.25, -0.2) is 4.79 Å². The largest absolute Gasteiger partial charge is 0.508 e. The van der Waals surface area contributed by atoms with Crippen LogP contribution in [0.4, 0.5) is 0 Å². The van der Waals surface area contributed by atoms with Gasteiger partial charge in [-0.15, -0.1) is 0 Å². The Bertz CT molecular complexity index is 866. The second-order valence-corrected chi connectivity index (χ2v) is 7.40. The predicted octanol–water partition coefficient (Wildman–Crippen LogP) is -3.40. The first-order valence-corrected chi connectivity index (χ1v) is 10.3. The van der Waals surface area contributed by atoms with E-state index in [0.717, 1.165) is 0 Å². The van der Waals surface area contributed by atoms with Gasteiger partial charge in [-0.2, -0.15) is 12.6 Å². The van der Waals surface area contributed by atoms with Crippen molar-refractivity contribution in [3.05, 3.63) is 29.8 Å². The lowest BCUT2D eigenvalue weighted by atomic mass is 10.0. The maximum Gasteiger partial charge on any atom is 0.326 e. The van der Waals surface area contributed by atoms with Crippen molar-refractivity contribution in [2.24, 2.45) is 11.5 Å². The SMILES string of the molecule is NC(=O)CC(NC(=O)C(CS)NC(=O)C(Cc1ccc(O)cc1)NC(=O)C(N)CO)C(=O)O. The quantitative estimate of drug-likeness (QED) is 0.126. The Balaban J connectivity index is 2.99. The number of benzene rings is 1. The minimum atomic E-state index is -1.61. The van der Waals surface area contributed by atoms with E-state index < -0.39 is 66.8 Å². The summed E-state index contributed by atoms with van der Waals surface area (Å²) in [6.07, 6.45) is -0.719. The molecule has 4 amide bonds. The monoisotopic (exact) mass is 485 g/mol. The average Bonchev–Trinajstić information content (AvgIpc) is 2.76. The molecular weight excluding hydrogens is 458 g/mol. The number of hydrogen-bond donors (Lipinski definition) is 9. The van der Waals surface area contributed by atoms with E-state index in [4.69, 9.17) is 21.7 Å². The summed E-state index contributed by atoms with van der Waals surface area (Å²) in [4.78, 5) is 59.7. The van der Waals surface area contributed by atoms with Gasteiger partial charge in [0.05, 0.1) is 13.0 Å². The molecule has 1 aromatic carbocycles. The molecule has 14 heteroatoms. The van der Waals surface area contributed by atoms with Gasteiger partial charge in [0, 0.05) is 12.2 Å². The Labute approximate surface area is 194 Å². The molecule has 0 bridgehead atoms. The summed E-state index contributed by atoms with van der Waals surface area (Å²) in [6, 6.07) is 0.312. The number of phenolic OH excluding ortho intramolecular Hbond substituents is 1. The minimum Gasteiger partial charge on any atom is -0.508 e. The molecule has 0 fully saturated rings. The van der Waals surface area contributed by atoms with Crippen LogP contribution in [0.1, 0.15) is 12.0 Å². The van der Waals surface area contributed by atoms with Crippen LogP contribution >= 0.6 is 12.6 Å². The van der Waals surface area contributed by atoms with Crippen LogP contribution in [0.3, 0.4) is 0 Å². The highest BCUT2D eigenvalue weighted by Crippen LogP contribution is 2.12. The zero-order chi connectivity index (χ0) is 25.1. The summed E-state index contributed by atoms with van der Waals surface area (Å²) in [7, 11) is 0. The summed E-state index contributed by atoms with van der Waals surface area (Å²) in [5, 5.41) is 34.4. The molecule has 0 radical (unpaired) electrons. The number of rotatable bonds is 13. The van der Waals surface area contributed by atoms with Crippen LogP contribution in [-0.2, 0) is 30.4 Å². The number of hydrogen-bond acceptors (Lipinski definition) is 9. The summed E-state index contributed by atoms with van der Waals surface area (Å²) in [5.74, 6) is -5.28. The lowest BCUT2D eigenvalue weighted by molar-refractivity contribution is -0.143. The fourth-order valence-corrected chi connectivity index (χ4v) is 2.84. The van der Waals surface area contributed by atoms with Gasteiger partial charge in [0.15, 0.2) is 0 Å². The maximum absolute atomic E-state index is 12.8. The molecule has 33 heavy (non-hydrogen) atoms. The van der Waals surface area contributed by atoms with E-state index in [-0.39, 0.29) is 17.9 Å². The van der Waals surface area contributed by atoms with Gasteiger partial charge < -0.3 is 42.7 Å². The Kier molecular flexibility index (Phi) is 11.1. The third-order valence-corrected chi connectivity index (χ3v) is 4.74. The molecule has 1 aromatic rings. The van der Waals surface area contributed by atoms with Crippen molar-refractivity contribution in [1.29, 1.82) is 0 Å². The van der Waals surface area contributed by atoms with Crippen molar-refractivity contribution in [3.8, 4) is 5.75 Å². The van der Waals surface area contributed by atoms with Crippen molar-refractivity contribution in [2.75, 3.05) is 12.4 Å². The number of thiol groups is 1. The number of aromatic hydroxyl groups is 1. The molecule has 4 unspecified atom stereocenters. The Hall–Kier alpha value is -3.36. The minimum absolute atomic E-state index is 0.0122. The molecule has 0 aromatic heterocycles. The number of phenols is 1. The smallest absolute Gasteiger partial charge is 0.326 e. The number of carboxylic acid groups (broad SMARTS) is 1. The highest BCUT2D eigenvalue weighted by molar-refractivity contribution is 7.80. The second kappa shape index (κ2) is 13.2. The molecule has 0 heterocycles. The molecular formula is C19H27N5O8S. The Morgan fingerprint density at radius 1 is 0.909 bits per heavy atom. The zero-order valence-corrected chi connectivity index (χ0v) is 18.3. The first-order valence-electron chi connectivity index (χ1n) is 9.65. The number of aliphatic hydroxyl groups is 1. The van der Waals surface area contributed by atoms with Crippen LogP contribution in [0, 0.1) is 0 Å². The maximum atomic E-state index is 12.8. The van der Waals surface area contributed by atoms with Gasteiger partial charge in [-0.1, -0.05) is 12.1 Å². The van der Waals surface area contributed by atoms with Crippen LogP contribution in [0.25, 0.3) is 0 Å². The van der Waals surface area contributed by atoms with E-state index in [9.17, 15) is 29.1 Å². The average molecular weight is 486 g/mol. The highest BCUT2D eigenvalue weighted by Gasteiger charge is 2.30. The van der Waals surface area contributed by atoms with Crippen molar-refractivity contribution in [1.82, 2.24) is 16.0 Å². The topological polar surface area (TPSA) is 234 Å². The number of amides is 4. The van der Waals surface area contributed by atoms with E-state index in [1.807, 2.05) is 0 Å². The molecule has 10 N–H and O–H groups in total. The van der Waals surface area contributed by atoms with Gasteiger partial charge in [0.1, 0.15) is 29.9 Å². The highest BCUT2D eigenvalue weighted by atomic mass is 32.1. The van der Waals surface area contributed by atoms with Gasteiger partial charge in [-0.3, -0.25) is 19.2 Å². The summed E-state index contributed by atoms with van der Waals surface area (Å²) >= 11 is 3.99. The molecule has 182 valence electrons. The fraction of sp³-hybridized carbons (Fsp3) is 0.421. The summed E-state index contributed by atoms with van der Waals surface area (Å²) < 4.78 is 0. The van der Waals surface area contributed by atoms with Crippen molar-refractivity contribution in [3.63, 3.8) is 0 Å². The number of carboxylic acids is 1. The van der Waals surface area contributed by atoms with Crippen molar-refractivity contribution < 1.29 is 39.3 Å². The number of nitrogens with two attached hydrogens (primary N) is 2. The van der Waals surface area contributed by atoms with Gasteiger partial charge in [0.2, 0.25) is 23.6 Å². The number of nitrogens with one attached hydrogen (secondary N) is 3. The van der Waals surface area contributed by atoms with Crippen LogP contribution < -0.4 is 27.4 Å². The standard InChI is InChI=1S/C19H27N5O8S/c20-11(7-25)16(28)22-12(5-9-1-3-10(26)4-2-9)17(29)24-14(8-33)18(30)23-13(19(31)32)6-15(21)27/h1-4,11-14,25-26,33H,5-8,20H2,(H2,21,27)(H,22,28)(H,23,30)(H,24,29)(H,31,32). The fourth-order valence-electron chi connectivity index (χ4n) is 2.58. The number of primary amides is 1. The summed E-state index contributed by atoms with van der Waals surface area (Å²) in [6.45, 7) is -0.669. The number of aliphatic hydroxyl groups excluding tert-OH is 1. The molecule has 1 rings (SSSR count). The van der Waals surface area contributed by atoms with Crippen LogP contribution in [-0.4, -0.2) is 81.4 Å². The van der Waals surface area contributed by atoms with E-state index in [1.54, 1.807) is 0 Å². The molecule has 4 atom stereocenters. The van der Waals surface area contributed by atoms with E-state index in [0.29, 0.717) is 5.56 Å². The number of aliphatic carboxylic acids is 1. The zero-order valence-electron chi connectivity index (χ0n) is 17.4. The van der Waals surface area contributed by atoms with Gasteiger partial charge in [0.25, 0.3) is 0 Å². The lowest BCUT2D eigenvalue weighted by Gasteiger charge is -2.24. The molecule has 0 saturated heterocycles. The number of carbonyl (C=O) groups excluding carboxylic acids is 4.